The van der Waals surface area contributed by atoms with Gasteiger partial charge in [-0.3, -0.25) is 24.0 Å². The van der Waals surface area contributed by atoms with Gasteiger partial charge in [0.25, 0.3) is 5.91 Å². The quantitative estimate of drug-likeness (QED) is 0.364. The van der Waals surface area contributed by atoms with Crippen LogP contribution in [0.5, 0.6) is 5.75 Å². The van der Waals surface area contributed by atoms with Gasteiger partial charge in [0.15, 0.2) is 0 Å². The van der Waals surface area contributed by atoms with Crippen LogP contribution >= 0.6 is 0 Å². The molecule has 1 saturated heterocycles. The zero-order valence-electron chi connectivity index (χ0n) is 17.3. The van der Waals surface area contributed by atoms with E-state index in [0.29, 0.717) is 22.6 Å². The summed E-state index contributed by atoms with van der Waals surface area (Å²) in [6, 6.07) is 13.0. The van der Waals surface area contributed by atoms with Crippen molar-refractivity contribution in [2.45, 2.75) is 19.4 Å². The first-order chi connectivity index (χ1) is 15.4. The summed E-state index contributed by atoms with van der Waals surface area (Å²) in [5.41, 5.74) is 2.07. The molecule has 0 atom stereocenters. The summed E-state index contributed by atoms with van der Waals surface area (Å²) in [6.45, 7) is 0.194. The maximum Gasteiger partial charge on any atom is 0.343 e. The van der Waals surface area contributed by atoms with Gasteiger partial charge in [-0.1, -0.05) is 12.1 Å². The molecule has 2 heterocycles. The van der Waals surface area contributed by atoms with Crippen molar-refractivity contribution >= 4 is 29.4 Å². The van der Waals surface area contributed by atoms with Gasteiger partial charge in [-0.05, 0) is 42.0 Å². The summed E-state index contributed by atoms with van der Waals surface area (Å²) in [5, 5.41) is 6.70. The predicted molar refractivity (Wildman–Crippen MR) is 114 cm³/mol. The molecule has 1 fully saturated rings. The van der Waals surface area contributed by atoms with E-state index in [1.54, 1.807) is 61.8 Å². The van der Waals surface area contributed by atoms with E-state index in [0.717, 1.165) is 5.56 Å². The van der Waals surface area contributed by atoms with Crippen LogP contribution in [0.3, 0.4) is 0 Å². The number of aromatic nitrogens is 2. The van der Waals surface area contributed by atoms with Crippen LogP contribution in [0.4, 0.5) is 5.69 Å². The molecule has 3 amide bonds. The molecule has 1 aliphatic rings. The van der Waals surface area contributed by atoms with E-state index in [4.69, 9.17) is 4.74 Å². The molecule has 0 saturated carbocycles. The monoisotopic (exact) mass is 432 g/mol. The Morgan fingerprint density at radius 3 is 2.22 bits per heavy atom. The molecule has 0 radical (unpaired) electrons. The lowest BCUT2D eigenvalue weighted by Gasteiger charge is -2.13. The fourth-order valence-corrected chi connectivity index (χ4v) is 3.24. The maximum absolute atomic E-state index is 12.4. The average Bonchev–Trinajstić information content (AvgIpc) is 3.36. The number of ether oxygens (including phenoxy) is 1. The summed E-state index contributed by atoms with van der Waals surface area (Å²) in [7, 11) is 1.73. The molecule has 9 heteroatoms. The molecular formula is C23H20N4O5. The minimum absolute atomic E-state index is 0.182. The van der Waals surface area contributed by atoms with Gasteiger partial charge < -0.3 is 10.1 Å². The van der Waals surface area contributed by atoms with Crippen LogP contribution in [0.25, 0.3) is 0 Å². The third-order valence-electron chi connectivity index (χ3n) is 4.97. The third-order valence-corrected chi connectivity index (χ3v) is 4.97. The normalized spacial score (nSPS) is 13.3. The molecule has 0 bridgehead atoms. The van der Waals surface area contributed by atoms with Crippen molar-refractivity contribution in [1.29, 1.82) is 0 Å². The lowest BCUT2D eigenvalue weighted by Crippen LogP contribution is -2.28. The van der Waals surface area contributed by atoms with Crippen molar-refractivity contribution in [2.75, 3.05) is 5.32 Å². The Kier molecular flexibility index (Phi) is 5.80. The van der Waals surface area contributed by atoms with Crippen LogP contribution in [0.15, 0.2) is 60.9 Å². The van der Waals surface area contributed by atoms with Crippen molar-refractivity contribution in [1.82, 2.24) is 14.7 Å². The first-order valence-electron chi connectivity index (χ1n) is 9.93. The Morgan fingerprint density at radius 1 is 0.969 bits per heavy atom. The molecular weight excluding hydrogens is 412 g/mol. The molecule has 2 aromatic carbocycles. The second kappa shape index (κ2) is 8.84. The topological polar surface area (TPSA) is 111 Å². The van der Waals surface area contributed by atoms with Crippen LogP contribution in [-0.2, 0) is 23.2 Å². The molecule has 4 rings (SSSR count). The van der Waals surface area contributed by atoms with Gasteiger partial charge in [0.2, 0.25) is 11.8 Å². The van der Waals surface area contributed by atoms with Gasteiger partial charge >= 0.3 is 5.97 Å². The van der Waals surface area contributed by atoms with Gasteiger partial charge in [-0.2, -0.15) is 5.10 Å². The number of amides is 3. The number of nitrogens with zero attached hydrogens (tertiary/aromatic N) is 3. The number of benzene rings is 2. The SMILES string of the molecule is Cn1cc(C(=O)Nc2ccc(OC(=O)c3ccc(CN4C(=O)CCC4=O)cc3)cc2)cn1. The van der Waals surface area contributed by atoms with E-state index in [2.05, 4.69) is 10.4 Å². The minimum Gasteiger partial charge on any atom is -0.423 e. The molecule has 9 nitrogen and oxygen atoms in total. The number of anilines is 1. The number of rotatable bonds is 6. The average molecular weight is 432 g/mol. The van der Waals surface area contributed by atoms with E-state index < -0.39 is 5.97 Å². The smallest absolute Gasteiger partial charge is 0.343 e. The molecule has 1 N–H and O–H groups in total. The molecule has 0 spiro atoms. The number of hydrogen-bond acceptors (Lipinski definition) is 6. The van der Waals surface area contributed by atoms with Crippen molar-refractivity contribution in [3.05, 3.63) is 77.6 Å². The van der Waals surface area contributed by atoms with Crippen molar-refractivity contribution < 1.29 is 23.9 Å². The zero-order chi connectivity index (χ0) is 22.7. The van der Waals surface area contributed by atoms with Crippen LogP contribution in [-0.4, -0.2) is 38.4 Å². The van der Waals surface area contributed by atoms with E-state index in [1.807, 2.05) is 0 Å². The van der Waals surface area contributed by atoms with Crippen LogP contribution in [0, 0.1) is 0 Å². The number of aryl methyl sites for hydroxylation is 1. The molecule has 162 valence electrons. The maximum atomic E-state index is 12.4. The third kappa shape index (κ3) is 4.72. The van der Waals surface area contributed by atoms with Gasteiger partial charge in [-0.25, -0.2) is 4.79 Å². The Hall–Kier alpha value is -4.27. The highest BCUT2D eigenvalue weighted by atomic mass is 16.5. The van der Waals surface area contributed by atoms with Crippen LogP contribution in [0.1, 0.15) is 39.1 Å². The molecule has 32 heavy (non-hydrogen) atoms. The number of carbonyl (C=O) groups is 4. The number of imide groups is 1. The van der Waals surface area contributed by atoms with Crippen molar-refractivity contribution in [2.24, 2.45) is 7.05 Å². The lowest BCUT2D eigenvalue weighted by molar-refractivity contribution is -0.139. The van der Waals surface area contributed by atoms with E-state index in [1.165, 1.54) is 15.8 Å². The van der Waals surface area contributed by atoms with Gasteiger partial charge in [0.1, 0.15) is 5.75 Å². The number of nitrogens with one attached hydrogen (secondary N) is 1. The highest BCUT2D eigenvalue weighted by molar-refractivity contribution is 6.04. The minimum atomic E-state index is -0.544. The summed E-state index contributed by atoms with van der Waals surface area (Å²) in [4.78, 5) is 49.2. The number of hydrogen-bond donors (Lipinski definition) is 1. The van der Waals surface area contributed by atoms with E-state index >= 15 is 0 Å². The highest BCUT2D eigenvalue weighted by Gasteiger charge is 2.28. The number of esters is 1. The van der Waals surface area contributed by atoms with E-state index in [9.17, 15) is 19.2 Å². The Bertz CT molecular complexity index is 1170. The lowest BCUT2D eigenvalue weighted by atomic mass is 10.1. The molecule has 1 aliphatic heterocycles. The fraction of sp³-hybridized carbons (Fsp3) is 0.174. The summed E-state index contributed by atoms with van der Waals surface area (Å²) >= 11 is 0. The van der Waals surface area contributed by atoms with Crippen LogP contribution < -0.4 is 10.1 Å². The summed E-state index contributed by atoms with van der Waals surface area (Å²) in [5.74, 6) is -0.874. The van der Waals surface area contributed by atoms with Gasteiger partial charge in [0, 0.05) is 31.8 Å². The Morgan fingerprint density at radius 2 is 1.62 bits per heavy atom. The molecule has 1 aromatic heterocycles. The molecule has 3 aromatic rings. The number of carbonyl (C=O) groups excluding carboxylic acids is 4. The Balaban J connectivity index is 1.33. The second-order valence-electron chi connectivity index (χ2n) is 7.34. The predicted octanol–water partition coefficient (Wildman–Crippen LogP) is 2.54. The van der Waals surface area contributed by atoms with Crippen molar-refractivity contribution in [3.8, 4) is 5.75 Å². The van der Waals surface area contributed by atoms with Gasteiger partial charge in [-0.15, -0.1) is 0 Å². The van der Waals surface area contributed by atoms with Crippen LogP contribution in [0.2, 0.25) is 0 Å². The highest BCUT2D eigenvalue weighted by Crippen LogP contribution is 2.19. The zero-order valence-corrected chi connectivity index (χ0v) is 17.3. The standard InChI is InChI=1S/C23H20N4O5/c1-26-14-17(12-24-26)22(30)25-18-6-8-19(9-7-18)32-23(31)16-4-2-15(3-5-16)13-27-20(28)10-11-21(27)29/h2-9,12,14H,10-11,13H2,1H3,(H,25,30). The first kappa shape index (κ1) is 21.0. The largest absolute Gasteiger partial charge is 0.423 e. The second-order valence-corrected chi connectivity index (χ2v) is 7.34. The molecule has 0 unspecified atom stereocenters. The van der Waals surface area contributed by atoms with E-state index in [-0.39, 0.29) is 37.1 Å². The molecule has 0 aliphatic carbocycles. The first-order valence-corrected chi connectivity index (χ1v) is 9.93. The number of likely N-dealkylation sites (tertiary alicyclic amines) is 1. The Labute approximate surface area is 183 Å². The van der Waals surface area contributed by atoms with Crippen molar-refractivity contribution in [3.63, 3.8) is 0 Å². The fourth-order valence-electron chi connectivity index (χ4n) is 3.24. The van der Waals surface area contributed by atoms with Gasteiger partial charge in [0.05, 0.1) is 23.9 Å². The summed E-state index contributed by atoms with van der Waals surface area (Å²) < 4.78 is 6.91. The summed E-state index contributed by atoms with van der Waals surface area (Å²) in [6.07, 6.45) is 3.57.